The van der Waals surface area contributed by atoms with E-state index in [4.69, 9.17) is 51.1 Å². The van der Waals surface area contributed by atoms with Gasteiger partial charge in [0.25, 0.3) is 0 Å². The number of nitrogen functional groups attached to an aromatic ring is 2. The molecular weight excluding hydrogens is 650 g/mol. The molecule has 0 spiro atoms. The summed E-state index contributed by atoms with van der Waals surface area (Å²) < 4.78 is 49.5. The molecule has 2 aliphatic rings. The van der Waals surface area contributed by atoms with Crippen molar-refractivity contribution in [3.8, 4) is 0 Å². The Bertz CT molecular complexity index is 1740. The summed E-state index contributed by atoms with van der Waals surface area (Å²) >= 11 is 8.91. The topological polar surface area (TPSA) is 252 Å². The van der Waals surface area contributed by atoms with Gasteiger partial charge in [-0.1, -0.05) is 12.2 Å². The lowest BCUT2D eigenvalue weighted by Crippen LogP contribution is -2.37. The molecular formula is C20H26N10O9P2S2. The second kappa shape index (κ2) is 11.8. The molecule has 0 bridgehead atoms. The quantitative estimate of drug-likeness (QED) is 0.116. The number of methoxy groups -OCH3 is 1. The van der Waals surface area contributed by atoms with E-state index in [1.165, 1.54) is 37.0 Å². The number of imidazole rings is 2. The molecule has 23 heteroatoms. The van der Waals surface area contributed by atoms with Gasteiger partial charge in [-0.25, -0.2) is 34.5 Å². The fourth-order valence-electron chi connectivity index (χ4n) is 4.95. The second-order valence-corrected chi connectivity index (χ2v) is 15.0. The van der Waals surface area contributed by atoms with Crippen molar-refractivity contribution in [1.82, 2.24) is 39.0 Å². The molecule has 4 aromatic heterocycles. The Morgan fingerprint density at radius 3 is 2.23 bits per heavy atom. The molecule has 232 valence electrons. The number of fused-ring (bicyclic) bond motifs is 2. The Labute approximate surface area is 252 Å². The second-order valence-electron chi connectivity index (χ2n) is 9.46. The van der Waals surface area contributed by atoms with E-state index in [9.17, 15) is 14.4 Å². The molecule has 0 radical (unpaired) electrons. The van der Waals surface area contributed by atoms with Crippen LogP contribution in [-0.2, 0) is 44.2 Å². The van der Waals surface area contributed by atoms with Crippen LogP contribution in [0.25, 0.3) is 22.3 Å². The van der Waals surface area contributed by atoms with Crippen molar-refractivity contribution in [3.05, 3.63) is 25.3 Å². The molecule has 6 N–H and O–H groups in total. The molecule has 0 saturated carbocycles. The average molecular weight is 677 g/mol. The minimum Gasteiger partial charge on any atom is -0.382 e. The van der Waals surface area contributed by atoms with E-state index < -0.39 is 57.2 Å². The highest BCUT2D eigenvalue weighted by Gasteiger charge is 2.50. The first-order valence-electron chi connectivity index (χ1n) is 12.5. The Morgan fingerprint density at radius 2 is 1.60 bits per heavy atom. The van der Waals surface area contributed by atoms with E-state index in [-0.39, 0.29) is 11.6 Å². The molecule has 2 saturated heterocycles. The average Bonchev–Trinajstić information content (AvgIpc) is 3.72. The minimum atomic E-state index is -4.22. The molecule has 0 aliphatic carbocycles. The monoisotopic (exact) mass is 676 g/mol. The zero-order valence-electron chi connectivity index (χ0n) is 22.1. The summed E-state index contributed by atoms with van der Waals surface area (Å²) in [4.78, 5) is 45.6. The summed E-state index contributed by atoms with van der Waals surface area (Å²) in [7, 11) is 1.39. The lowest BCUT2D eigenvalue weighted by molar-refractivity contribution is -0.108. The predicted molar refractivity (Wildman–Crippen MR) is 155 cm³/mol. The van der Waals surface area contributed by atoms with E-state index >= 15 is 0 Å². The van der Waals surface area contributed by atoms with Gasteiger partial charge in [0.05, 0.1) is 19.3 Å². The highest BCUT2D eigenvalue weighted by atomic mass is 32.7. The third-order valence-corrected chi connectivity index (χ3v) is 9.15. The molecule has 2 fully saturated rings. The van der Waals surface area contributed by atoms with Crippen LogP contribution in [0.4, 0.5) is 11.6 Å². The smallest absolute Gasteiger partial charge is 0.382 e. The number of ether oxygens (including phenoxy) is 3. The van der Waals surface area contributed by atoms with Crippen LogP contribution in [0, 0.1) is 0 Å². The fourth-order valence-corrected chi connectivity index (χ4v) is 7.14. The third-order valence-electron chi connectivity index (χ3n) is 6.79. The molecule has 6 rings (SSSR count). The first-order chi connectivity index (χ1) is 20.4. The number of anilines is 2. The normalized spacial score (nSPS) is 28.8. The molecule has 2 aliphatic heterocycles. The van der Waals surface area contributed by atoms with Crippen LogP contribution in [0.1, 0.15) is 25.3 Å². The molecule has 43 heavy (non-hydrogen) atoms. The van der Waals surface area contributed by atoms with Gasteiger partial charge in [0.15, 0.2) is 35.4 Å². The summed E-state index contributed by atoms with van der Waals surface area (Å²) in [6.07, 6.45) is 0.703. The van der Waals surface area contributed by atoms with Gasteiger partial charge >= 0.3 is 13.5 Å². The number of nitrogens with two attached hydrogens (primary N) is 2. The zero-order chi connectivity index (χ0) is 30.5. The van der Waals surface area contributed by atoms with Gasteiger partial charge in [-0.05, 0) is 18.2 Å². The number of aromatic nitrogens is 8. The fraction of sp³-hybridized carbons (Fsp3) is 0.500. The van der Waals surface area contributed by atoms with Crippen LogP contribution in [0.3, 0.4) is 0 Å². The summed E-state index contributed by atoms with van der Waals surface area (Å²) in [6.45, 7) is -8.75. The van der Waals surface area contributed by atoms with Crippen molar-refractivity contribution < 1.29 is 42.1 Å². The Morgan fingerprint density at radius 1 is 0.977 bits per heavy atom. The van der Waals surface area contributed by atoms with Gasteiger partial charge in [0, 0.05) is 13.5 Å². The van der Waals surface area contributed by atoms with Crippen LogP contribution in [0.5, 0.6) is 0 Å². The number of thiol groups is 1. The SMILES string of the molecule is CO[C@@H]1[C@H](OP(O)(=S)O[C@@H]2CC[C@H](n3cnc4c(N)ncnc43)O2)[C@@H](COP(=O)(O)S)O[C@H]1n1cnc2c(N)ncnc21. The first kappa shape index (κ1) is 30.6. The van der Waals surface area contributed by atoms with Crippen molar-refractivity contribution in [2.75, 3.05) is 25.2 Å². The Balaban J connectivity index is 1.21. The number of nitrogens with zero attached hydrogens (tertiary/aromatic N) is 8. The molecule has 0 aromatic carbocycles. The van der Waals surface area contributed by atoms with Crippen LogP contribution in [0.2, 0.25) is 0 Å². The molecule has 4 aromatic rings. The maximum Gasteiger partial charge on any atom is 0.383 e. The van der Waals surface area contributed by atoms with Gasteiger partial charge in [-0.2, -0.15) is 0 Å². The van der Waals surface area contributed by atoms with Gasteiger partial charge in [0.2, 0.25) is 0 Å². The Kier molecular flexibility index (Phi) is 8.44. The molecule has 19 nitrogen and oxygen atoms in total. The van der Waals surface area contributed by atoms with Crippen molar-refractivity contribution >= 4 is 71.5 Å². The van der Waals surface area contributed by atoms with E-state index in [1.54, 1.807) is 4.57 Å². The number of hydrogen-bond acceptors (Lipinski definition) is 16. The lowest BCUT2D eigenvalue weighted by Gasteiger charge is -2.28. The van der Waals surface area contributed by atoms with Crippen molar-refractivity contribution in [2.24, 2.45) is 0 Å². The summed E-state index contributed by atoms with van der Waals surface area (Å²) in [5.41, 5.74) is 13.3. The number of hydrogen-bond donors (Lipinski definition) is 5. The van der Waals surface area contributed by atoms with Crippen molar-refractivity contribution in [1.29, 1.82) is 0 Å². The number of rotatable bonds is 10. The van der Waals surface area contributed by atoms with Gasteiger partial charge in [-0.3, -0.25) is 22.7 Å². The summed E-state index contributed by atoms with van der Waals surface area (Å²) in [5.74, 6) is 0.376. The van der Waals surface area contributed by atoms with Crippen molar-refractivity contribution in [2.45, 2.75) is 49.9 Å². The van der Waals surface area contributed by atoms with Gasteiger partial charge in [-0.15, -0.1) is 0 Å². The van der Waals surface area contributed by atoms with E-state index in [1.807, 2.05) is 0 Å². The minimum absolute atomic E-state index is 0.147. The van der Waals surface area contributed by atoms with E-state index in [0.717, 1.165) is 0 Å². The standard InChI is InChI=1S/C20H26N10O9P2S2/c1-34-15-14(9(4-35-40(31,32)42)36-20(15)30-8-28-13-17(22)24-6-26-19(13)30)39-41(33,43)38-11-3-2-10(37-11)29-7-27-12-16(21)23-5-25-18(12)29/h5-11,14-15,20H,2-4H2,1H3,(H,33,43)(H2,21,23,25)(H2,22,24,26)(H2,31,32,42)/t9-,10-,11-,14-,15-,20-,41?/m1/s1. The molecule has 2 unspecified atom stereocenters. The first-order valence-corrected chi connectivity index (χ1v) is 17.9. The maximum atomic E-state index is 11.8. The summed E-state index contributed by atoms with van der Waals surface area (Å²) in [6, 6.07) is 0. The molecule has 0 amide bonds. The highest BCUT2D eigenvalue weighted by molar-refractivity contribution is 8.44. The van der Waals surface area contributed by atoms with Crippen LogP contribution < -0.4 is 11.5 Å². The highest BCUT2D eigenvalue weighted by Crippen LogP contribution is 2.53. The van der Waals surface area contributed by atoms with E-state index in [0.29, 0.717) is 35.2 Å². The van der Waals surface area contributed by atoms with Crippen molar-refractivity contribution in [3.63, 3.8) is 0 Å². The summed E-state index contributed by atoms with van der Waals surface area (Å²) in [5, 5.41) is 0. The predicted octanol–water partition coefficient (Wildman–Crippen LogP) is 1.04. The third kappa shape index (κ3) is 6.26. The molecule has 8 atom stereocenters. The lowest BCUT2D eigenvalue weighted by atomic mass is 10.1. The van der Waals surface area contributed by atoms with Crippen LogP contribution >= 0.6 is 25.8 Å². The maximum absolute atomic E-state index is 11.8. The zero-order valence-corrected chi connectivity index (χ0v) is 25.6. The van der Waals surface area contributed by atoms with Gasteiger partial charge < -0.3 is 35.5 Å². The largest absolute Gasteiger partial charge is 0.383 e. The van der Waals surface area contributed by atoms with E-state index in [2.05, 4.69) is 42.2 Å². The van der Waals surface area contributed by atoms with Gasteiger partial charge in [0.1, 0.15) is 48.2 Å². The molecule has 6 heterocycles. The van der Waals surface area contributed by atoms with Crippen LogP contribution in [-0.4, -0.2) is 87.1 Å². The Hall–Kier alpha value is -2.39. The van der Waals surface area contributed by atoms with Crippen LogP contribution in [0.15, 0.2) is 25.3 Å².